The summed E-state index contributed by atoms with van der Waals surface area (Å²) in [6.07, 6.45) is 7.25. The number of aromatic nitrogens is 3. The van der Waals surface area contributed by atoms with Crippen LogP contribution in [0.15, 0.2) is 11.2 Å². The van der Waals surface area contributed by atoms with Gasteiger partial charge in [-0.3, -0.25) is 10.1 Å². The predicted octanol–water partition coefficient (Wildman–Crippen LogP) is 2.93. The van der Waals surface area contributed by atoms with E-state index in [1.54, 1.807) is 6.20 Å². The van der Waals surface area contributed by atoms with Gasteiger partial charge in [-0.15, -0.1) is 0 Å². The van der Waals surface area contributed by atoms with Crippen LogP contribution < -0.4 is 5.36 Å². The molecule has 23 heavy (non-hydrogen) atoms. The van der Waals surface area contributed by atoms with E-state index in [1.165, 1.54) is 0 Å². The molecule has 3 rings (SSSR count). The Labute approximate surface area is 135 Å². The molecule has 2 aromatic rings. The van der Waals surface area contributed by atoms with Crippen LogP contribution in [0, 0.1) is 0 Å². The molecule has 0 radical (unpaired) electrons. The Morgan fingerprint density at radius 3 is 2.91 bits per heavy atom. The molecule has 0 aliphatic carbocycles. The maximum Gasteiger partial charge on any atom is 0.342 e. The first-order valence-electron chi connectivity index (χ1n) is 8.54. The van der Waals surface area contributed by atoms with Crippen LogP contribution in [-0.4, -0.2) is 27.3 Å². The predicted molar refractivity (Wildman–Crippen MR) is 88.1 cm³/mol. The van der Waals surface area contributed by atoms with E-state index in [9.17, 15) is 4.79 Å². The van der Waals surface area contributed by atoms with E-state index in [4.69, 9.17) is 4.74 Å². The summed E-state index contributed by atoms with van der Waals surface area (Å²) in [5.74, 6) is -0.261. The van der Waals surface area contributed by atoms with Crippen LogP contribution in [-0.2, 0) is 17.9 Å². The minimum absolute atomic E-state index is 0.261. The standard InChI is InChI=1S/C17H24N4O2/c1-3-5-7-9-21-13-11-23-17(22)14(13)15(18-8-6-4-2)12-10-19-20-16(12)21/h10H,3-9,11H2,1-2H3,(H,19,20). The van der Waals surface area contributed by atoms with Gasteiger partial charge in [0.1, 0.15) is 17.8 Å². The summed E-state index contributed by atoms with van der Waals surface area (Å²) in [6, 6.07) is 0. The van der Waals surface area contributed by atoms with E-state index in [0.29, 0.717) is 12.2 Å². The molecule has 1 aliphatic rings. The molecular formula is C17H24N4O2. The molecule has 0 unspecified atom stereocenters. The minimum Gasteiger partial charge on any atom is -0.456 e. The Morgan fingerprint density at radius 1 is 1.30 bits per heavy atom. The van der Waals surface area contributed by atoms with Gasteiger partial charge in [-0.25, -0.2) is 4.79 Å². The molecule has 0 amide bonds. The molecule has 0 bridgehead atoms. The van der Waals surface area contributed by atoms with E-state index < -0.39 is 0 Å². The van der Waals surface area contributed by atoms with Crippen LogP contribution in [0.2, 0.25) is 0 Å². The van der Waals surface area contributed by atoms with Gasteiger partial charge in [-0.2, -0.15) is 5.10 Å². The highest BCUT2D eigenvalue weighted by molar-refractivity contribution is 5.96. The molecule has 0 spiro atoms. The Morgan fingerprint density at radius 2 is 2.13 bits per heavy atom. The van der Waals surface area contributed by atoms with Gasteiger partial charge in [-0.1, -0.05) is 33.1 Å². The third-order valence-corrected chi connectivity index (χ3v) is 4.31. The summed E-state index contributed by atoms with van der Waals surface area (Å²) in [7, 11) is 0. The number of unbranched alkanes of at least 4 members (excludes halogenated alkanes) is 3. The molecule has 0 saturated carbocycles. The molecule has 0 saturated heterocycles. The zero-order chi connectivity index (χ0) is 16.2. The van der Waals surface area contributed by atoms with Crippen molar-refractivity contribution in [1.29, 1.82) is 0 Å². The first kappa shape index (κ1) is 15.8. The first-order chi connectivity index (χ1) is 11.3. The number of carbonyl (C=O) groups is 1. The Hall–Kier alpha value is -2.11. The second-order valence-electron chi connectivity index (χ2n) is 5.97. The second kappa shape index (κ2) is 6.98. The number of hydrogen-bond acceptors (Lipinski definition) is 4. The van der Waals surface area contributed by atoms with E-state index >= 15 is 0 Å². The molecule has 1 aliphatic heterocycles. The van der Waals surface area contributed by atoms with Crippen molar-refractivity contribution in [2.45, 2.75) is 59.1 Å². The van der Waals surface area contributed by atoms with Crippen LogP contribution >= 0.6 is 0 Å². The summed E-state index contributed by atoms with van der Waals surface area (Å²) in [5.41, 5.74) is 2.50. The molecule has 3 heterocycles. The molecule has 124 valence electrons. The van der Waals surface area contributed by atoms with Crippen molar-refractivity contribution in [1.82, 2.24) is 14.8 Å². The molecule has 0 aromatic carbocycles. The van der Waals surface area contributed by atoms with E-state index in [1.807, 2.05) is 0 Å². The highest BCUT2D eigenvalue weighted by atomic mass is 16.5. The van der Waals surface area contributed by atoms with Crippen molar-refractivity contribution >= 4 is 17.0 Å². The second-order valence-corrected chi connectivity index (χ2v) is 5.97. The van der Waals surface area contributed by atoms with E-state index in [-0.39, 0.29) is 5.97 Å². The third-order valence-electron chi connectivity index (χ3n) is 4.31. The molecule has 0 atom stereocenters. The van der Waals surface area contributed by atoms with Gasteiger partial charge < -0.3 is 9.30 Å². The van der Waals surface area contributed by atoms with Gasteiger partial charge in [0.2, 0.25) is 0 Å². The highest BCUT2D eigenvalue weighted by Crippen LogP contribution is 2.22. The molecular weight excluding hydrogens is 292 g/mol. The summed E-state index contributed by atoms with van der Waals surface area (Å²) < 4.78 is 7.45. The van der Waals surface area contributed by atoms with Crippen molar-refractivity contribution in [3.63, 3.8) is 0 Å². The van der Waals surface area contributed by atoms with Crippen molar-refractivity contribution in [2.75, 3.05) is 6.54 Å². The Kier molecular flexibility index (Phi) is 4.79. The zero-order valence-corrected chi connectivity index (χ0v) is 13.9. The van der Waals surface area contributed by atoms with Crippen molar-refractivity contribution in [2.24, 2.45) is 4.99 Å². The van der Waals surface area contributed by atoms with Gasteiger partial charge in [-0.05, 0) is 12.8 Å². The number of carbonyl (C=O) groups excluding carboxylic acids is 1. The van der Waals surface area contributed by atoms with Gasteiger partial charge in [0.05, 0.1) is 22.6 Å². The quantitative estimate of drug-likeness (QED) is 0.630. The van der Waals surface area contributed by atoms with E-state index in [0.717, 1.165) is 67.3 Å². The summed E-state index contributed by atoms with van der Waals surface area (Å²) in [4.78, 5) is 16.9. The number of esters is 1. The van der Waals surface area contributed by atoms with Crippen molar-refractivity contribution in [3.8, 4) is 0 Å². The molecule has 1 N–H and O–H groups in total. The van der Waals surface area contributed by atoms with Gasteiger partial charge in [0, 0.05) is 13.1 Å². The lowest BCUT2D eigenvalue weighted by Crippen LogP contribution is -2.21. The Balaban J connectivity index is 2.15. The lowest BCUT2D eigenvalue weighted by atomic mass is 10.1. The number of nitrogens with zero attached hydrogens (tertiary/aromatic N) is 3. The molecule has 2 aromatic heterocycles. The summed E-state index contributed by atoms with van der Waals surface area (Å²) >= 11 is 0. The third kappa shape index (κ3) is 2.90. The molecule has 6 nitrogen and oxygen atoms in total. The number of cyclic esters (lactones) is 1. The number of fused-ring (bicyclic) bond motifs is 2. The number of rotatable bonds is 7. The maximum atomic E-state index is 12.2. The zero-order valence-electron chi connectivity index (χ0n) is 13.9. The summed E-state index contributed by atoms with van der Waals surface area (Å²) in [6.45, 7) is 6.22. The number of nitrogens with one attached hydrogen (secondary N) is 1. The van der Waals surface area contributed by atoms with Gasteiger partial charge >= 0.3 is 5.97 Å². The summed E-state index contributed by atoms with van der Waals surface area (Å²) in [5, 5.41) is 8.92. The number of hydrogen-bond donors (Lipinski definition) is 1. The lowest BCUT2D eigenvalue weighted by Gasteiger charge is -2.13. The van der Waals surface area contributed by atoms with Crippen LogP contribution in [0.25, 0.3) is 11.0 Å². The lowest BCUT2D eigenvalue weighted by molar-refractivity contribution is 0.0530. The van der Waals surface area contributed by atoms with Gasteiger partial charge in [0.15, 0.2) is 0 Å². The topological polar surface area (TPSA) is 72.3 Å². The first-order valence-corrected chi connectivity index (χ1v) is 8.54. The van der Waals surface area contributed by atoms with Gasteiger partial charge in [0.25, 0.3) is 0 Å². The van der Waals surface area contributed by atoms with Crippen LogP contribution in [0.4, 0.5) is 0 Å². The number of aryl methyl sites for hydroxylation is 1. The van der Waals surface area contributed by atoms with Crippen LogP contribution in [0.1, 0.15) is 62.0 Å². The fourth-order valence-corrected chi connectivity index (χ4v) is 3.05. The molecule has 6 heteroatoms. The van der Waals surface area contributed by atoms with Crippen molar-refractivity contribution < 1.29 is 9.53 Å². The van der Waals surface area contributed by atoms with Crippen molar-refractivity contribution in [3.05, 3.63) is 22.8 Å². The number of ether oxygens (including phenoxy) is 1. The fourth-order valence-electron chi connectivity index (χ4n) is 3.05. The number of H-pyrrole nitrogens is 1. The highest BCUT2D eigenvalue weighted by Gasteiger charge is 2.28. The smallest absolute Gasteiger partial charge is 0.342 e. The molecule has 0 fully saturated rings. The average molecular weight is 316 g/mol. The fraction of sp³-hybridized carbons (Fsp3) is 0.588. The van der Waals surface area contributed by atoms with Crippen LogP contribution in [0.5, 0.6) is 0 Å². The Bertz CT molecular complexity index is 773. The average Bonchev–Trinajstić information content (AvgIpc) is 3.17. The normalized spacial score (nSPS) is 14.5. The van der Waals surface area contributed by atoms with Crippen LogP contribution in [0.3, 0.4) is 0 Å². The maximum absolute atomic E-state index is 12.2. The number of aromatic amines is 1. The minimum atomic E-state index is -0.261. The SMILES string of the molecule is CCCCCn1c2c(c(=NCCCC)c3cn[nH]c31)C(=O)OC2. The monoisotopic (exact) mass is 316 g/mol. The van der Waals surface area contributed by atoms with E-state index in [2.05, 4.69) is 33.6 Å². The number of pyridine rings is 1. The largest absolute Gasteiger partial charge is 0.456 e.